The van der Waals surface area contributed by atoms with Crippen molar-refractivity contribution in [3.05, 3.63) is 38.5 Å². The lowest BCUT2D eigenvalue weighted by Crippen LogP contribution is -2.41. The van der Waals surface area contributed by atoms with Gasteiger partial charge in [-0.15, -0.1) is 5.01 Å². The van der Waals surface area contributed by atoms with Crippen molar-refractivity contribution in [3.63, 3.8) is 0 Å². The molecule has 2 heterocycles. The average Bonchev–Trinajstić information content (AvgIpc) is 3.16. The van der Waals surface area contributed by atoms with E-state index in [4.69, 9.17) is 14.6 Å². The third kappa shape index (κ3) is 5.86. The van der Waals surface area contributed by atoms with Gasteiger partial charge in [-0.2, -0.15) is 13.2 Å². The Morgan fingerprint density at radius 2 is 2.15 bits per heavy atom. The fourth-order valence-electron chi connectivity index (χ4n) is 3.60. The molecule has 1 N–H and O–H groups in total. The molecule has 33 heavy (non-hydrogen) atoms. The molecule has 0 unspecified atom stereocenters. The third-order valence-corrected chi connectivity index (χ3v) is 5.43. The molecule has 1 aromatic carbocycles. The van der Waals surface area contributed by atoms with Crippen LogP contribution < -0.4 is 4.74 Å². The molecule has 0 spiro atoms. The maximum atomic E-state index is 13.5. The Hall–Kier alpha value is -3.03. The zero-order valence-corrected chi connectivity index (χ0v) is 18.8. The number of fused-ring (bicyclic) bond motifs is 1. The number of carboxylic acids is 1. The van der Waals surface area contributed by atoms with Crippen molar-refractivity contribution < 1.29 is 47.1 Å². The Kier molecular flexibility index (Phi) is 7.34. The van der Waals surface area contributed by atoms with Crippen molar-refractivity contribution in [1.82, 2.24) is 5.01 Å². The lowest BCUT2D eigenvalue weighted by Gasteiger charge is -2.28. The fourth-order valence-corrected chi connectivity index (χ4v) is 4.19. The minimum absolute atomic E-state index is 0.00755. The lowest BCUT2D eigenvalue weighted by molar-refractivity contribution is -0.715. The molecule has 1 saturated heterocycles. The van der Waals surface area contributed by atoms with E-state index in [1.54, 1.807) is 13.0 Å². The Bertz CT molecular complexity index is 1000. The van der Waals surface area contributed by atoms with Gasteiger partial charge in [-0.05, 0) is 43.5 Å². The Labute approximate surface area is 193 Å². The van der Waals surface area contributed by atoms with Gasteiger partial charge in [0, 0.05) is 10.0 Å². The quantitative estimate of drug-likeness (QED) is 0.139. The predicted molar refractivity (Wildman–Crippen MR) is 107 cm³/mol. The summed E-state index contributed by atoms with van der Waals surface area (Å²) in [5, 5.41) is 25.2. The van der Waals surface area contributed by atoms with E-state index in [1.165, 1.54) is 6.07 Å². The van der Waals surface area contributed by atoms with Crippen molar-refractivity contribution >= 4 is 33.9 Å². The smallest absolute Gasteiger partial charge is 0.430 e. The number of carboxylic acid groups (broad SMARTS) is 1. The van der Waals surface area contributed by atoms with E-state index in [0.717, 1.165) is 11.1 Å². The molecule has 2 aliphatic heterocycles. The number of nitrogens with zero attached hydrogens (tertiary/aromatic N) is 3. The van der Waals surface area contributed by atoms with Crippen LogP contribution in [-0.4, -0.2) is 58.7 Å². The number of carbonyl (C=O) groups excluding carboxylic acids is 1. The van der Waals surface area contributed by atoms with Crippen LogP contribution in [0.25, 0.3) is 6.08 Å². The fraction of sp³-hybridized carbons (Fsp3) is 0.474. The second kappa shape index (κ2) is 9.85. The van der Waals surface area contributed by atoms with E-state index in [9.17, 15) is 28.0 Å². The van der Waals surface area contributed by atoms with Gasteiger partial charge in [-0.1, -0.05) is 15.9 Å². The number of benzene rings is 1. The number of halogens is 4. The lowest BCUT2D eigenvalue weighted by atomic mass is 9.99. The van der Waals surface area contributed by atoms with Crippen LogP contribution >= 0.6 is 15.9 Å². The summed E-state index contributed by atoms with van der Waals surface area (Å²) in [4.78, 5) is 27.8. The first-order valence-corrected chi connectivity index (χ1v) is 10.5. The van der Waals surface area contributed by atoms with Gasteiger partial charge >= 0.3 is 18.1 Å². The van der Waals surface area contributed by atoms with Crippen LogP contribution in [0.5, 0.6) is 5.75 Å². The van der Waals surface area contributed by atoms with Crippen LogP contribution in [0.2, 0.25) is 0 Å². The summed E-state index contributed by atoms with van der Waals surface area (Å²) in [6, 6.07) is 2.50. The summed E-state index contributed by atoms with van der Waals surface area (Å²) >= 11 is 3.24. The second-order valence-electron chi connectivity index (χ2n) is 7.35. The number of hydrazine groups is 1. The highest BCUT2D eigenvalue weighted by Crippen LogP contribution is 2.40. The molecule has 14 heteroatoms. The monoisotopic (exact) mass is 537 g/mol. The van der Waals surface area contributed by atoms with Crippen LogP contribution in [0.3, 0.4) is 0 Å². The molecule has 0 amide bonds. The molecule has 1 fully saturated rings. The number of hydrogen-bond donors (Lipinski definition) is 1. The van der Waals surface area contributed by atoms with Crippen molar-refractivity contribution in [2.24, 2.45) is 5.28 Å². The van der Waals surface area contributed by atoms with Crippen LogP contribution in [0.4, 0.5) is 13.2 Å². The number of aryl methyl sites for hydroxylation is 1. The number of aliphatic carboxylic acids is 1. The zero-order chi connectivity index (χ0) is 24.3. The van der Waals surface area contributed by atoms with E-state index in [2.05, 4.69) is 26.0 Å². The topological polar surface area (TPSA) is 124 Å². The minimum Gasteiger partial charge on any atom is -0.569 e. The number of carbonyl (C=O) groups is 2. The van der Waals surface area contributed by atoms with Gasteiger partial charge in [0.25, 0.3) is 6.79 Å². The molecule has 2 aliphatic rings. The standard InChI is InChI=1S/C19H19BrF3N3O7/c1-10-5-12(20)6-11-7-14(17(19(21,22)23)33-16(10)11)18(29)31-9-32-24-26(30)25-4-2-3-13(25)8-15(27)28/h5-7,13,17H,2-4,8-9H2,1H3,(H,27,28)/b26-24-/t13-,17-/m0/s1. The molecule has 3 rings (SSSR count). The van der Waals surface area contributed by atoms with Crippen LogP contribution in [0.15, 0.2) is 27.5 Å². The minimum atomic E-state index is -4.89. The van der Waals surface area contributed by atoms with Gasteiger partial charge < -0.3 is 24.6 Å². The first-order valence-electron chi connectivity index (χ1n) is 9.68. The SMILES string of the molecule is Cc1cc(Br)cc2c1O[C@H](C(F)(F)F)C(C(=O)OCO/N=[N+](\[O-])N1CCC[C@H]1CC(=O)O)=C2. The molecule has 1 aromatic rings. The van der Waals surface area contributed by atoms with Gasteiger partial charge in [0.2, 0.25) is 11.4 Å². The molecule has 180 valence electrons. The Morgan fingerprint density at radius 1 is 1.42 bits per heavy atom. The normalized spacial score (nSPS) is 20.6. The van der Waals surface area contributed by atoms with Crippen molar-refractivity contribution in [2.75, 3.05) is 13.3 Å². The average molecular weight is 538 g/mol. The number of ether oxygens (including phenoxy) is 2. The van der Waals surface area contributed by atoms with E-state index >= 15 is 0 Å². The first-order chi connectivity index (χ1) is 15.5. The second-order valence-corrected chi connectivity index (χ2v) is 8.27. The highest BCUT2D eigenvalue weighted by molar-refractivity contribution is 9.10. The number of esters is 1. The first kappa shape index (κ1) is 24.6. The van der Waals surface area contributed by atoms with Crippen LogP contribution in [0.1, 0.15) is 30.4 Å². The van der Waals surface area contributed by atoms with Gasteiger partial charge in [0.15, 0.2) is 0 Å². The molecular weight excluding hydrogens is 519 g/mol. The summed E-state index contributed by atoms with van der Waals surface area (Å²) in [5.41, 5.74) is -0.0987. The highest BCUT2D eigenvalue weighted by Gasteiger charge is 2.49. The van der Waals surface area contributed by atoms with Crippen LogP contribution in [0, 0.1) is 12.1 Å². The van der Waals surface area contributed by atoms with E-state index in [-0.39, 0.29) is 29.2 Å². The number of alkyl halides is 3. The van der Waals surface area contributed by atoms with Crippen LogP contribution in [-0.2, 0) is 19.2 Å². The molecular formula is C19H19BrF3N3O7. The molecule has 0 aromatic heterocycles. The van der Waals surface area contributed by atoms with Crippen molar-refractivity contribution in [3.8, 4) is 5.75 Å². The Balaban J connectivity index is 1.67. The van der Waals surface area contributed by atoms with Crippen molar-refractivity contribution in [1.29, 1.82) is 0 Å². The molecule has 2 atom stereocenters. The predicted octanol–water partition coefficient (Wildman–Crippen LogP) is 3.71. The molecule has 0 radical (unpaired) electrons. The highest BCUT2D eigenvalue weighted by atomic mass is 79.9. The summed E-state index contributed by atoms with van der Waals surface area (Å²) in [6.07, 6.45) is -5.65. The van der Waals surface area contributed by atoms with E-state index in [1.807, 2.05) is 0 Å². The molecule has 10 nitrogen and oxygen atoms in total. The third-order valence-electron chi connectivity index (χ3n) is 4.98. The Morgan fingerprint density at radius 3 is 2.82 bits per heavy atom. The number of rotatable bonds is 7. The van der Waals surface area contributed by atoms with Crippen molar-refractivity contribution in [2.45, 2.75) is 44.5 Å². The summed E-state index contributed by atoms with van der Waals surface area (Å²) in [7, 11) is 0. The van der Waals surface area contributed by atoms with E-state index < -0.39 is 42.6 Å². The maximum absolute atomic E-state index is 13.5. The van der Waals surface area contributed by atoms with E-state index in [0.29, 0.717) is 22.9 Å². The van der Waals surface area contributed by atoms with Gasteiger partial charge in [-0.25, -0.2) is 4.79 Å². The number of hydrogen-bond acceptors (Lipinski definition) is 7. The molecule has 0 bridgehead atoms. The van der Waals surface area contributed by atoms with Gasteiger partial charge in [-0.3, -0.25) is 4.79 Å². The summed E-state index contributed by atoms with van der Waals surface area (Å²) < 4.78 is 50.9. The van der Waals surface area contributed by atoms with Gasteiger partial charge in [0.1, 0.15) is 5.75 Å². The largest absolute Gasteiger partial charge is 0.569 e. The molecule has 0 aliphatic carbocycles. The van der Waals surface area contributed by atoms with Gasteiger partial charge in [0.05, 0.1) is 29.6 Å². The summed E-state index contributed by atoms with van der Waals surface area (Å²) in [5.74, 6) is -2.45. The maximum Gasteiger partial charge on any atom is 0.430 e. The summed E-state index contributed by atoms with van der Waals surface area (Å²) in [6.45, 7) is 0.876. The zero-order valence-electron chi connectivity index (χ0n) is 17.2. The molecule has 0 saturated carbocycles.